The number of aryl methyl sites for hydroxylation is 1. The quantitative estimate of drug-likeness (QED) is 0.436. The topological polar surface area (TPSA) is 119 Å². The fraction of sp³-hybridized carbons (Fsp3) is 0.417. The van der Waals surface area contributed by atoms with E-state index < -0.39 is 16.7 Å². The van der Waals surface area contributed by atoms with Gasteiger partial charge in [0.15, 0.2) is 5.65 Å². The van der Waals surface area contributed by atoms with Crippen LogP contribution in [0.25, 0.3) is 11.0 Å². The van der Waals surface area contributed by atoms with E-state index in [4.69, 9.17) is 0 Å². The molecule has 1 atom stereocenters. The lowest BCUT2D eigenvalue weighted by molar-refractivity contribution is -0.117. The Morgan fingerprint density at radius 1 is 1.11 bits per heavy atom. The summed E-state index contributed by atoms with van der Waals surface area (Å²) in [5, 5.41) is 3.39. The lowest BCUT2D eigenvalue weighted by atomic mass is 9.96. The molecule has 2 aromatic heterocycles. The van der Waals surface area contributed by atoms with Gasteiger partial charge in [0.2, 0.25) is 11.8 Å². The molecule has 0 aliphatic carbocycles. The summed E-state index contributed by atoms with van der Waals surface area (Å²) in [4.78, 5) is 62.1. The predicted octanol–water partition coefficient (Wildman–Crippen LogP) is 2.18. The van der Waals surface area contributed by atoms with Crippen molar-refractivity contribution in [3.05, 3.63) is 50.9 Å². The van der Waals surface area contributed by atoms with Crippen LogP contribution in [0, 0.1) is 0 Å². The van der Waals surface area contributed by atoms with Crippen molar-refractivity contribution in [1.82, 2.24) is 19.1 Å². The average Bonchev–Trinajstić information content (AvgIpc) is 2.92. The summed E-state index contributed by atoms with van der Waals surface area (Å²) in [5.41, 5.74) is -0.0166. The highest BCUT2D eigenvalue weighted by molar-refractivity contribution is 8.00. The normalized spacial score (nSPS) is 16.1. The first-order chi connectivity index (χ1) is 16.4. The SMILES string of the molecule is C[C@@H]1CC(=O)Nc2ccccc2N1C(=O)CSc1nc(C(C)(C)C)nc2c1c(=O)n(C)c(=O)n2C. The van der Waals surface area contributed by atoms with Gasteiger partial charge in [0.05, 0.1) is 17.1 Å². The second-order valence-corrected chi connectivity index (χ2v) is 10.6. The minimum atomic E-state index is -0.512. The number of hydrogen-bond donors (Lipinski definition) is 1. The van der Waals surface area contributed by atoms with Crippen LogP contribution in [-0.4, -0.2) is 42.7 Å². The first kappa shape index (κ1) is 24.6. The number of aromatic nitrogens is 4. The number of fused-ring (bicyclic) bond motifs is 2. The van der Waals surface area contributed by atoms with E-state index in [0.717, 1.165) is 16.3 Å². The van der Waals surface area contributed by atoms with Crippen LogP contribution in [0.2, 0.25) is 0 Å². The van der Waals surface area contributed by atoms with Crippen molar-refractivity contribution in [3.8, 4) is 0 Å². The second kappa shape index (κ2) is 8.95. The number of hydrogen-bond acceptors (Lipinski definition) is 7. The summed E-state index contributed by atoms with van der Waals surface area (Å²) in [6.07, 6.45) is 0.165. The molecule has 11 heteroatoms. The molecule has 184 valence electrons. The van der Waals surface area contributed by atoms with E-state index in [2.05, 4.69) is 15.3 Å². The highest BCUT2D eigenvalue weighted by Gasteiger charge is 2.30. The van der Waals surface area contributed by atoms with E-state index >= 15 is 0 Å². The molecule has 1 N–H and O–H groups in total. The molecule has 0 unspecified atom stereocenters. The number of carbonyl (C=O) groups is 2. The summed E-state index contributed by atoms with van der Waals surface area (Å²) in [6, 6.07) is 6.81. The van der Waals surface area contributed by atoms with Crippen LogP contribution in [0.5, 0.6) is 0 Å². The zero-order valence-electron chi connectivity index (χ0n) is 20.6. The van der Waals surface area contributed by atoms with Gasteiger partial charge in [-0.05, 0) is 19.1 Å². The largest absolute Gasteiger partial charge is 0.332 e. The Kier molecular flexibility index (Phi) is 6.31. The van der Waals surface area contributed by atoms with Crippen molar-refractivity contribution in [3.63, 3.8) is 0 Å². The molecule has 0 fully saturated rings. The van der Waals surface area contributed by atoms with E-state index in [1.165, 1.54) is 11.6 Å². The Labute approximate surface area is 206 Å². The molecule has 2 amide bonds. The highest BCUT2D eigenvalue weighted by Crippen LogP contribution is 2.33. The molecular formula is C24H28N6O4S. The molecule has 10 nitrogen and oxygen atoms in total. The Balaban J connectivity index is 1.78. The number of rotatable bonds is 3. The van der Waals surface area contributed by atoms with Gasteiger partial charge in [-0.3, -0.25) is 23.5 Å². The summed E-state index contributed by atoms with van der Waals surface area (Å²) in [5.74, 6) is 0.0618. The number of amides is 2. The average molecular weight is 497 g/mol. The Bertz CT molecular complexity index is 1470. The lowest BCUT2D eigenvalue weighted by Crippen LogP contribution is -2.40. The minimum absolute atomic E-state index is 0.0193. The lowest BCUT2D eigenvalue weighted by Gasteiger charge is -2.27. The summed E-state index contributed by atoms with van der Waals surface area (Å²) < 4.78 is 2.34. The van der Waals surface area contributed by atoms with E-state index in [1.807, 2.05) is 33.8 Å². The number of nitrogens with one attached hydrogen (secondary N) is 1. The monoisotopic (exact) mass is 496 g/mol. The van der Waals surface area contributed by atoms with Gasteiger partial charge in [-0.15, -0.1) is 0 Å². The third-order valence-corrected chi connectivity index (χ3v) is 6.86. The van der Waals surface area contributed by atoms with Crippen molar-refractivity contribution in [2.24, 2.45) is 14.1 Å². The summed E-state index contributed by atoms with van der Waals surface area (Å²) in [6.45, 7) is 7.64. The van der Waals surface area contributed by atoms with Gasteiger partial charge >= 0.3 is 5.69 Å². The van der Waals surface area contributed by atoms with E-state index in [-0.39, 0.29) is 41.1 Å². The molecular weight excluding hydrogens is 468 g/mol. The smallest absolute Gasteiger partial charge is 0.324 e. The minimum Gasteiger partial charge on any atom is -0.324 e. The third-order valence-electron chi connectivity index (χ3n) is 5.90. The Hall–Kier alpha value is -3.47. The number of thioether (sulfide) groups is 1. The summed E-state index contributed by atoms with van der Waals surface area (Å²) >= 11 is 1.13. The molecule has 35 heavy (non-hydrogen) atoms. The Morgan fingerprint density at radius 2 is 1.80 bits per heavy atom. The standard InChI is InChI=1S/C24H28N6O4S/c1-13-11-16(31)25-14-9-7-8-10-15(14)30(13)17(32)12-35-20-18-19(26-22(27-20)24(2,3)4)28(5)23(34)29(6)21(18)33/h7-10,13H,11-12H2,1-6H3,(H,25,31)/t13-/m1/s1. The molecule has 4 rings (SSSR count). The van der Waals surface area contributed by atoms with Crippen LogP contribution >= 0.6 is 11.8 Å². The van der Waals surface area contributed by atoms with Crippen molar-refractivity contribution in [2.45, 2.75) is 50.6 Å². The number of para-hydroxylation sites is 2. The van der Waals surface area contributed by atoms with E-state index in [0.29, 0.717) is 22.2 Å². The van der Waals surface area contributed by atoms with Crippen molar-refractivity contribution < 1.29 is 9.59 Å². The van der Waals surface area contributed by atoms with E-state index in [1.54, 1.807) is 30.1 Å². The molecule has 0 radical (unpaired) electrons. The Morgan fingerprint density at radius 3 is 2.49 bits per heavy atom. The molecule has 3 aromatic rings. The zero-order valence-corrected chi connectivity index (χ0v) is 21.4. The van der Waals surface area contributed by atoms with Gasteiger partial charge in [-0.2, -0.15) is 0 Å². The van der Waals surface area contributed by atoms with Gasteiger partial charge in [0, 0.05) is 32.0 Å². The van der Waals surface area contributed by atoms with Crippen LogP contribution < -0.4 is 21.5 Å². The van der Waals surface area contributed by atoms with Crippen LogP contribution in [0.1, 0.15) is 39.9 Å². The van der Waals surface area contributed by atoms with Crippen LogP contribution in [0.3, 0.4) is 0 Å². The van der Waals surface area contributed by atoms with Crippen molar-refractivity contribution in [1.29, 1.82) is 0 Å². The van der Waals surface area contributed by atoms with Gasteiger partial charge in [-0.1, -0.05) is 44.7 Å². The maximum Gasteiger partial charge on any atom is 0.332 e. The van der Waals surface area contributed by atoms with Crippen molar-refractivity contribution in [2.75, 3.05) is 16.0 Å². The van der Waals surface area contributed by atoms with Gasteiger partial charge < -0.3 is 10.2 Å². The van der Waals surface area contributed by atoms with Crippen LogP contribution in [-0.2, 0) is 29.1 Å². The number of anilines is 2. The fourth-order valence-corrected chi connectivity index (χ4v) is 4.91. The molecule has 1 aliphatic heterocycles. The molecule has 0 spiro atoms. The molecule has 0 bridgehead atoms. The molecule has 1 aromatic carbocycles. The van der Waals surface area contributed by atoms with Gasteiger partial charge in [-0.25, -0.2) is 14.8 Å². The van der Waals surface area contributed by atoms with Gasteiger partial charge in [0.1, 0.15) is 16.2 Å². The molecule has 3 heterocycles. The summed E-state index contributed by atoms with van der Waals surface area (Å²) in [7, 11) is 2.96. The molecule has 0 saturated heterocycles. The zero-order chi connectivity index (χ0) is 25.7. The van der Waals surface area contributed by atoms with Crippen LogP contribution in [0.4, 0.5) is 11.4 Å². The first-order valence-electron chi connectivity index (χ1n) is 11.2. The maximum atomic E-state index is 13.5. The fourth-order valence-electron chi connectivity index (χ4n) is 4.04. The highest BCUT2D eigenvalue weighted by atomic mass is 32.2. The van der Waals surface area contributed by atoms with Crippen LogP contribution in [0.15, 0.2) is 38.9 Å². The second-order valence-electron chi connectivity index (χ2n) is 9.68. The number of nitrogens with zero attached hydrogens (tertiary/aromatic N) is 5. The predicted molar refractivity (Wildman–Crippen MR) is 136 cm³/mol. The van der Waals surface area contributed by atoms with E-state index in [9.17, 15) is 19.2 Å². The number of carbonyl (C=O) groups excluding carboxylic acids is 2. The van der Waals surface area contributed by atoms with Gasteiger partial charge in [0.25, 0.3) is 5.56 Å². The number of benzene rings is 1. The maximum absolute atomic E-state index is 13.5. The molecule has 1 aliphatic rings. The molecule has 0 saturated carbocycles. The first-order valence-corrected chi connectivity index (χ1v) is 12.2. The third kappa shape index (κ3) is 4.47. The van der Waals surface area contributed by atoms with Crippen molar-refractivity contribution >= 4 is 46.0 Å².